The van der Waals surface area contributed by atoms with Crippen molar-refractivity contribution in [3.8, 4) is 0 Å². The van der Waals surface area contributed by atoms with Crippen LogP contribution in [0.3, 0.4) is 0 Å². The van der Waals surface area contributed by atoms with Gasteiger partial charge in [0.1, 0.15) is 5.01 Å². The summed E-state index contributed by atoms with van der Waals surface area (Å²) < 4.78 is 0. The number of nitrogens with two attached hydrogens (primary N) is 1. The van der Waals surface area contributed by atoms with Crippen molar-refractivity contribution in [2.45, 2.75) is 19.4 Å². The second kappa shape index (κ2) is 5.60. The van der Waals surface area contributed by atoms with Gasteiger partial charge in [-0.25, -0.2) is 4.98 Å². The van der Waals surface area contributed by atoms with Crippen LogP contribution in [0.5, 0.6) is 0 Å². The Morgan fingerprint density at radius 3 is 2.70 bits per heavy atom. The zero-order valence-electron chi connectivity index (χ0n) is 10.9. The summed E-state index contributed by atoms with van der Waals surface area (Å²) in [5, 5.41) is 5.98. The van der Waals surface area contributed by atoms with E-state index >= 15 is 0 Å². The maximum atomic E-state index is 12.3. The molecule has 0 aliphatic heterocycles. The fourth-order valence-electron chi connectivity index (χ4n) is 1.71. The SMILES string of the molecule is CC(C)(NC(=O)c1cc(N)cc(Cl)c1Cl)c1nccs1. The minimum absolute atomic E-state index is 0.188. The number of thiazole rings is 1. The molecule has 4 nitrogen and oxygen atoms in total. The van der Waals surface area contributed by atoms with Crippen molar-refractivity contribution in [2.24, 2.45) is 0 Å². The maximum absolute atomic E-state index is 12.3. The van der Waals surface area contributed by atoms with Crippen molar-refractivity contribution in [3.05, 3.63) is 44.3 Å². The summed E-state index contributed by atoms with van der Waals surface area (Å²) in [5.41, 5.74) is 5.72. The van der Waals surface area contributed by atoms with Crippen LogP contribution in [-0.2, 0) is 5.54 Å². The Kier molecular flexibility index (Phi) is 4.22. The Balaban J connectivity index is 2.29. The molecule has 2 rings (SSSR count). The Hall–Kier alpha value is -1.30. The molecular formula is C13H13Cl2N3OS. The summed E-state index contributed by atoms with van der Waals surface area (Å²) in [6, 6.07) is 3.01. The number of hydrogen-bond acceptors (Lipinski definition) is 4. The number of nitrogens with zero attached hydrogens (tertiary/aromatic N) is 1. The lowest BCUT2D eigenvalue weighted by atomic mass is 10.1. The van der Waals surface area contributed by atoms with Crippen molar-refractivity contribution < 1.29 is 4.79 Å². The molecule has 1 amide bonds. The fourth-order valence-corrected chi connectivity index (χ4v) is 2.85. The molecule has 0 saturated heterocycles. The highest BCUT2D eigenvalue weighted by molar-refractivity contribution is 7.09. The topological polar surface area (TPSA) is 68.0 Å². The van der Waals surface area contributed by atoms with Crippen molar-refractivity contribution >= 4 is 46.1 Å². The van der Waals surface area contributed by atoms with E-state index in [1.165, 1.54) is 23.5 Å². The molecule has 2 aromatic rings. The van der Waals surface area contributed by atoms with Gasteiger partial charge in [0.05, 0.1) is 21.1 Å². The summed E-state index contributed by atoms with van der Waals surface area (Å²) in [6.07, 6.45) is 1.69. The second-order valence-corrected chi connectivity index (χ2v) is 6.46. The lowest BCUT2D eigenvalue weighted by molar-refractivity contribution is 0.0912. The molecule has 1 aromatic heterocycles. The maximum Gasteiger partial charge on any atom is 0.253 e. The molecular weight excluding hydrogens is 317 g/mol. The Morgan fingerprint density at radius 2 is 2.10 bits per heavy atom. The molecule has 0 spiro atoms. The normalized spacial score (nSPS) is 11.4. The van der Waals surface area contributed by atoms with Crippen molar-refractivity contribution in [1.82, 2.24) is 10.3 Å². The van der Waals surface area contributed by atoms with Gasteiger partial charge in [-0.1, -0.05) is 23.2 Å². The number of anilines is 1. The molecule has 0 aliphatic rings. The number of halogens is 2. The van der Waals surface area contributed by atoms with Gasteiger partial charge in [-0.15, -0.1) is 11.3 Å². The van der Waals surface area contributed by atoms with Crippen LogP contribution in [0.15, 0.2) is 23.7 Å². The largest absolute Gasteiger partial charge is 0.399 e. The molecule has 106 valence electrons. The van der Waals surface area contributed by atoms with E-state index < -0.39 is 5.54 Å². The monoisotopic (exact) mass is 329 g/mol. The number of carbonyl (C=O) groups excluding carboxylic acids is 1. The smallest absolute Gasteiger partial charge is 0.253 e. The first-order valence-corrected chi connectivity index (χ1v) is 7.42. The average molecular weight is 330 g/mol. The van der Waals surface area contributed by atoms with Gasteiger partial charge >= 0.3 is 0 Å². The van der Waals surface area contributed by atoms with E-state index in [1.54, 1.807) is 6.20 Å². The van der Waals surface area contributed by atoms with Crippen LogP contribution in [-0.4, -0.2) is 10.9 Å². The predicted molar refractivity (Wildman–Crippen MR) is 83.5 cm³/mol. The third kappa shape index (κ3) is 3.06. The summed E-state index contributed by atoms with van der Waals surface area (Å²) in [5.74, 6) is -0.343. The third-order valence-corrected chi connectivity index (χ3v) is 4.59. The first-order valence-electron chi connectivity index (χ1n) is 5.78. The molecule has 3 N–H and O–H groups in total. The van der Waals surface area contributed by atoms with E-state index in [2.05, 4.69) is 10.3 Å². The molecule has 7 heteroatoms. The average Bonchev–Trinajstić information content (AvgIpc) is 2.87. The van der Waals surface area contributed by atoms with E-state index in [4.69, 9.17) is 28.9 Å². The molecule has 0 unspecified atom stereocenters. The van der Waals surface area contributed by atoms with Gasteiger partial charge in [0.15, 0.2) is 0 Å². The van der Waals surface area contributed by atoms with E-state index in [0.29, 0.717) is 5.69 Å². The summed E-state index contributed by atoms with van der Waals surface area (Å²) in [7, 11) is 0. The summed E-state index contributed by atoms with van der Waals surface area (Å²) in [4.78, 5) is 16.6. The lowest BCUT2D eigenvalue weighted by Crippen LogP contribution is -2.41. The second-order valence-electron chi connectivity index (χ2n) is 4.78. The van der Waals surface area contributed by atoms with Crippen LogP contribution in [0, 0.1) is 0 Å². The molecule has 0 atom stereocenters. The number of amides is 1. The van der Waals surface area contributed by atoms with Crippen LogP contribution in [0.1, 0.15) is 29.2 Å². The lowest BCUT2D eigenvalue weighted by Gasteiger charge is -2.24. The molecule has 0 aliphatic carbocycles. The van der Waals surface area contributed by atoms with E-state index in [0.717, 1.165) is 5.01 Å². The quantitative estimate of drug-likeness (QED) is 0.843. The summed E-state index contributed by atoms with van der Waals surface area (Å²) >= 11 is 13.5. The number of nitrogen functional groups attached to an aromatic ring is 1. The molecule has 0 bridgehead atoms. The molecule has 0 saturated carbocycles. The number of rotatable bonds is 3. The number of nitrogens with one attached hydrogen (secondary N) is 1. The predicted octanol–water partition coefficient (Wildman–Crippen LogP) is 3.70. The number of aromatic nitrogens is 1. The van der Waals surface area contributed by atoms with Gasteiger partial charge in [-0.05, 0) is 26.0 Å². The number of benzene rings is 1. The van der Waals surface area contributed by atoms with Crippen LogP contribution >= 0.6 is 34.5 Å². The van der Waals surface area contributed by atoms with Gasteiger partial charge in [0.2, 0.25) is 0 Å². The van der Waals surface area contributed by atoms with Crippen LogP contribution in [0.2, 0.25) is 10.0 Å². The Bertz CT molecular complexity index is 641. The van der Waals surface area contributed by atoms with E-state index in [-0.39, 0.29) is 21.5 Å². The van der Waals surface area contributed by atoms with Crippen molar-refractivity contribution in [3.63, 3.8) is 0 Å². The molecule has 1 heterocycles. The highest BCUT2D eigenvalue weighted by atomic mass is 35.5. The number of hydrogen-bond donors (Lipinski definition) is 2. The van der Waals surface area contributed by atoms with Gasteiger partial charge in [0.25, 0.3) is 5.91 Å². The van der Waals surface area contributed by atoms with Crippen molar-refractivity contribution in [2.75, 3.05) is 5.73 Å². The van der Waals surface area contributed by atoms with Gasteiger partial charge in [-0.3, -0.25) is 4.79 Å². The van der Waals surface area contributed by atoms with Crippen LogP contribution < -0.4 is 11.1 Å². The fraction of sp³-hybridized carbons (Fsp3) is 0.231. The number of carbonyl (C=O) groups is 1. The zero-order chi connectivity index (χ0) is 14.9. The minimum Gasteiger partial charge on any atom is -0.399 e. The molecule has 0 radical (unpaired) electrons. The Morgan fingerprint density at radius 1 is 1.40 bits per heavy atom. The van der Waals surface area contributed by atoms with Crippen LogP contribution in [0.25, 0.3) is 0 Å². The zero-order valence-corrected chi connectivity index (χ0v) is 13.2. The van der Waals surface area contributed by atoms with E-state index in [9.17, 15) is 4.79 Å². The Labute approximate surface area is 130 Å². The first-order chi connectivity index (χ1) is 9.31. The van der Waals surface area contributed by atoms with Crippen LogP contribution in [0.4, 0.5) is 5.69 Å². The van der Waals surface area contributed by atoms with Gasteiger partial charge in [0, 0.05) is 17.3 Å². The molecule has 1 aromatic carbocycles. The van der Waals surface area contributed by atoms with Gasteiger partial charge < -0.3 is 11.1 Å². The molecule has 20 heavy (non-hydrogen) atoms. The standard InChI is InChI=1S/C13H13Cl2N3OS/c1-13(2,12-17-3-4-20-12)18-11(19)8-5-7(16)6-9(14)10(8)15/h3-6H,16H2,1-2H3,(H,18,19). The molecule has 0 fully saturated rings. The van der Waals surface area contributed by atoms with Crippen molar-refractivity contribution in [1.29, 1.82) is 0 Å². The highest BCUT2D eigenvalue weighted by Gasteiger charge is 2.27. The highest BCUT2D eigenvalue weighted by Crippen LogP contribution is 2.30. The first kappa shape index (κ1) is 15.1. The summed E-state index contributed by atoms with van der Waals surface area (Å²) in [6.45, 7) is 3.73. The van der Waals surface area contributed by atoms with Gasteiger partial charge in [-0.2, -0.15) is 0 Å². The van der Waals surface area contributed by atoms with E-state index in [1.807, 2.05) is 19.2 Å². The minimum atomic E-state index is -0.605. The third-order valence-electron chi connectivity index (χ3n) is 2.69.